The van der Waals surface area contributed by atoms with Crippen molar-refractivity contribution < 1.29 is 13.6 Å². The third-order valence-electron chi connectivity index (χ3n) is 4.72. The van der Waals surface area contributed by atoms with Gasteiger partial charge in [0.05, 0.1) is 12.0 Å². The van der Waals surface area contributed by atoms with Gasteiger partial charge < -0.3 is 8.83 Å². The zero-order valence-electron chi connectivity index (χ0n) is 16.6. The number of hydrogen-bond acceptors (Lipinski definition) is 9. The van der Waals surface area contributed by atoms with E-state index in [9.17, 15) is 4.79 Å². The zero-order chi connectivity index (χ0) is 21.2. The summed E-state index contributed by atoms with van der Waals surface area (Å²) in [4.78, 5) is 13.1. The monoisotopic (exact) mass is 470 g/mol. The molecular formula is C21H18N4O3S3. The largest absolute Gasteiger partial charge is 0.467 e. The maximum Gasteiger partial charge on any atom is 0.253 e. The van der Waals surface area contributed by atoms with Crippen molar-refractivity contribution in [2.24, 2.45) is 5.10 Å². The lowest BCUT2D eigenvalue weighted by atomic mass is 10.1. The molecule has 0 saturated heterocycles. The van der Waals surface area contributed by atoms with E-state index in [0.29, 0.717) is 17.9 Å². The van der Waals surface area contributed by atoms with Crippen LogP contribution in [0.25, 0.3) is 11.0 Å². The van der Waals surface area contributed by atoms with Crippen LogP contribution in [0.4, 0.5) is 0 Å². The van der Waals surface area contributed by atoms with E-state index in [1.807, 2.05) is 42.5 Å². The normalized spacial score (nSPS) is 16.2. The second-order valence-electron chi connectivity index (χ2n) is 6.72. The molecule has 4 aromatic rings. The predicted octanol–water partition coefficient (Wildman–Crippen LogP) is 5.46. The van der Waals surface area contributed by atoms with Gasteiger partial charge in [0.15, 0.2) is 14.4 Å². The third kappa shape index (κ3) is 4.28. The molecule has 0 bridgehead atoms. The fourth-order valence-corrected chi connectivity index (χ4v) is 6.11. The molecule has 1 aliphatic heterocycles. The molecule has 1 aromatic carbocycles. The first-order valence-electron chi connectivity index (χ1n) is 9.72. The molecule has 7 nitrogen and oxygen atoms in total. The van der Waals surface area contributed by atoms with Gasteiger partial charge in [-0.15, -0.1) is 10.2 Å². The van der Waals surface area contributed by atoms with Gasteiger partial charge in [0.2, 0.25) is 0 Å². The van der Waals surface area contributed by atoms with E-state index in [4.69, 9.17) is 8.83 Å². The van der Waals surface area contributed by atoms with Gasteiger partial charge >= 0.3 is 0 Å². The summed E-state index contributed by atoms with van der Waals surface area (Å²) in [7, 11) is 0. The molecule has 1 atom stereocenters. The molecule has 0 spiro atoms. The molecule has 10 heteroatoms. The first-order chi connectivity index (χ1) is 15.2. The van der Waals surface area contributed by atoms with Gasteiger partial charge in [0.1, 0.15) is 23.1 Å². The van der Waals surface area contributed by atoms with Crippen LogP contribution in [-0.2, 0) is 4.79 Å². The summed E-state index contributed by atoms with van der Waals surface area (Å²) in [5, 5.41) is 15.5. The van der Waals surface area contributed by atoms with Gasteiger partial charge in [-0.1, -0.05) is 60.0 Å². The molecule has 31 heavy (non-hydrogen) atoms. The number of nitrogens with zero attached hydrogens (tertiary/aromatic N) is 4. The highest BCUT2D eigenvalue weighted by Gasteiger charge is 2.36. The van der Waals surface area contributed by atoms with E-state index in [1.54, 1.807) is 18.0 Å². The van der Waals surface area contributed by atoms with Crippen molar-refractivity contribution in [3.8, 4) is 0 Å². The van der Waals surface area contributed by atoms with Crippen LogP contribution in [0.15, 0.2) is 71.3 Å². The maximum absolute atomic E-state index is 13.1. The van der Waals surface area contributed by atoms with E-state index in [1.165, 1.54) is 28.1 Å². The van der Waals surface area contributed by atoms with Crippen molar-refractivity contribution in [3.05, 3.63) is 60.2 Å². The highest BCUT2D eigenvalue weighted by atomic mass is 32.2. The van der Waals surface area contributed by atoms with Crippen LogP contribution in [0.3, 0.4) is 0 Å². The summed E-state index contributed by atoms with van der Waals surface area (Å²) in [6.45, 7) is 2.07. The highest BCUT2D eigenvalue weighted by molar-refractivity contribution is 8.03. The number of rotatable bonds is 7. The molecule has 1 amide bonds. The van der Waals surface area contributed by atoms with Crippen LogP contribution >= 0.6 is 34.9 Å². The Morgan fingerprint density at radius 3 is 2.81 bits per heavy atom. The van der Waals surface area contributed by atoms with Crippen molar-refractivity contribution in [3.63, 3.8) is 0 Å². The molecule has 4 heterocycles. The minimum Gasteiger partial charge on any atom is -0.467 e. The summed E-state index contributed by atoms with van der Waals surface area (Å²) in [5.74, 6) is 2.42. The van der Waals surface area contributed by atoms with Crippen molar-refractivity contribution in [1.82, 2.24) is 15.2 Å². The second-order valence-corrected chi connectivity index (χ2v) is 10.4. The first-order valence-corrected chi connectivity index (χ1v) is 12.5. The number of benzene rings is 1. The van der Waals surface area contributed by atoms with Crippen molar-refractivity contribution >= 4 is 57.4 Å². The molecule has 1 unspecified atom stereocenters. The summed E-state index contributed by atoms with van der Waals surface area (Å²) < 4.78 is 13.3. The fourth-order valence-electron chi connectivity index (χ4n) is 3.34. The van der Waals surface area contributed by atoms with E-state index < -0.39 is 0 Å². The topological polar surface area (TPSA) is 84.7 Å². The number of hydrogen-bond donors (Lipinski definition) is 0. The van der Waals surface area contributed by atoms with Crippen molar-refractivity contribution in [1.29, 1.82) is 0 Å². The molecule has 5 rings (SSSR count). The number of aromatic nitrogens is 2. The minimum absolute atomic E-state index is 0.114. The Hall–Kier alpha value is -2.56. The molecule has 0 aliphatic carbocycles. The van der Waals surface area contributed by atoms with Gasteiger partial charge in [0, 0.05) is 11.8 Å². The van der Waals surface area contributed by atoms with E-state index in [2.05, 4.69) is 22.2 Å². The third-order valence-corrected chi connectivity index (χ3v) is 7.78. The Balaban J connectivity index is 1.37. The minimum atomic E-state index is -0.299. The molecule has 1 aliphatic rings. The van der Waals surface area contributed by atoms with Crippen LogP contribution in [0.5, 0.6) is 0 Å². The summed E-state index contributed by atoms with van der Waals surface area (Å²) >= 11 is 4.53. The molecular weight excluding hydrogens is 452 g/mol. The Kier molecular flexibility index (Phi) is 5.84. The SMILES string of the molecule is CCSc1nnc(SCC(=O)N2N=C(c3cc4ccccc4o3)CC2c2ccco2)s1. The molecule has 3 aromatic heterocycles. The smallest absolute Gasteiger partial charge is 0.253 e. The average molecular weight is 471 g/mol. The molecule has 0 N–H and O–H groups in total. The maximum atomic E-state index is 13.1. The summed E-state index contributed by atoms with van der Waals surface area (Å²) in [5.41, 5.74) is 1.53. The lowest BCUT2D eigenvalue weighted by molar-refractivity contribution is -0.130. The highest BCUT2D eigenvalue weighted by Crippen LogP contribution is 2.36. The lowest BCUT2D eigenvalue weighted by Gasteiger charge is -2.19. The predicted molar refractivity (Wildman–Crippen MR) is 123 cm³/mol. The number of hydrazone groups is 1. The van der Waals surface area contributed by atoms with E-state index in [-0.39, 0.29) is 17.7 Å². The number of para-hydroxylation sites is 1. The number of carbonyl (C=O) groups excluding carboxylic acids is 1. The van der Waals surface area contributed by atoms with Crippen LogP contribution in [-0.4, -0.2) is 38.3 Å². The Labute approximate surface area is 190 Å². The molecule has 0 fully saturated rings. The Morgan fingerprint density at radius 2 is 2.03 bits per heavy atom. The van der Waals surface area contributed by atoms with E-state index in [0.717, 1.165) is 31.1 Å². The van der Waals surface area contributed by atoms with Crippen LogP contribution in [0.2, 0.25) is 0 Å². The van der Waals surface area contributed by atoms with Gasteiger partial charge in [-0.3, -0.25) is 4.79 Å². The molecule has 158 valence electrons. The average Bonchev–Trinajstić information content (AvgIpc) is 3.57. The quantitative estimate of drug-likeness (QED) is 0.332. The lowest BCUT2D eigenvalue weighted by Crippen LogP contribution is -2.28. The number of fused-ring (bicyclic) bond motifs is 1. The fraction of sp³-hybridized carbons (Fsp3) is 0.238. The first kappa shape index (κ1) is 20.3. The van der Waals surface area contributed by atoms with Crippen LogP contribution in [0.1, 0.15) is 30.9 Å². The van der Waals surface area contributed by atoms with Crippen LogP contribution in [0, 0.1) is 0 Å². The summed E-state index contributed by atoms with van der Waals surface area (Å²) in [6, 6.07) is 13.2. The molecule has 0 radical (unpaired) electrons. The second kappa shape index (κ2) is 8.89. The number of furan rings is 2. The number of carbonyl (C=O) groups is 1. The van der Waals surface area contributed by atoms with Crippen molar-refractivity contribution in [2.45, 2.75) is 28.1 Å². The number of thioether (sulfide) groups is 2. The van der Waals surface area contributed by atoms with Gasteiger partial charge in [-0.2, -0.15) is 5.10 Å². The van der Waals surface area contributed by atoms with Gasteiger partial charge in [-0.25, -0.2) is 5.01 Å². The Bertz CT molecular complexity index is 1200. The standard InChI is InChI=1S/C21H18N4O3S3/c1-2-29-20-22-23-21(31-20)30-12-19(26)25-15(17-8-5-9-27-17)11-14(24-25)18-10-13-6-3-4-7-16(13)28-18/h3-10,15H,2,11-12H2,1H3. The van der Waals surface area contributed by atoms with Gasteiger partial charge in [-0.05, 0) is 30.0 Å². The van der Waals surface area contributed by atoms with Crippen LogP contribution < -0.4 is 0 Å². The summed E-state index contributed by atoms with van der Waals surface area (Å²) in [6.07, 6.45) is 2.14. The van der Waals surface area contributed by atoms with Crippen molar-refractivity contribution in [2.75, 3.05) is 11.5 Å². The van der Waals surface area contributed by atoms with E-state index >= 15 is 0 Å². The zero-order valence-corrected chi connectivity index (χ0v) is 19.0. The molecule has 0 saturated carbocycles. The van der Waals surface area contributed by atoms with Gasteiger partial charge in [0.25, 0.3) is 5.91 Å². The Morgan fingerprint density at radius 1 is 1.19 bits per heavy atom. The number of amides is 1.